The van der Waals surface area contributed by atoms with Gasteiger partial charge in [0.2, 0.25) is 0 Å². The smallest absolute Gasteiger partial charge is 0.147 e. The molecule has 6 heteroatoms. The largest absolute Gasteiger partial charge is 0.351 e. The predicted octanol–water partition coefficient (Wildman–Crippen LogP) is 1.59. The van der Waals surface area contributed by atoms with Crippen molar-refractivity contribution in [2.24, 2.45) is 7.05 Å². The summed E-state index contributed by atoms with van der Waals surface area (Å²) >= 11 is 5.67. The number of halogens is 1. The van der Waals surface area contributed by atoms with Crippen molar-refractivity contribution in [1.29, 1.82) is 0 Å². The first-order chi connectivity index (χ1) is 8.20. The SMILES string of the molecule is CN(Cc1nccn1C)c1cnc(CCl)cn1. The number of rotatable bonds is 4. The molecule has 0 bridgehead atoms. The Hall–Kier alpha value is -1.62. The minimum atomic E-state index is 0.385. The van der Waals surface area contributed by atoms with Crippen LogP contribution in [0.5, 0.6) is 0 Å². The molecule has 2 rings (SSSR count). The van der Waals surface area contributed by atoms with Crippen molar-refractivity contribution in [1.82, 2.24) is 19.5 Å². The third kappa shape index (κ3) is 2.74. The van der Waals surface area contributed by atoms with Gasteiger partial charge in [0, 0.05) is 26.5 Å². The molecule has 0 saturated heterocycles. The van der Waals surface area contributed by atoms with Gasteiger partial charge in [-0.1, -0.05) is 0 Å². The maximum absolute atomic E-state index is 5.67. The number of alkyl halides is 1. The van der Waals surface area contributed by atoms with Crippen LogP contribution >= 0.6 is 11.6 Å². The van der Waals surface area contributed by atoms with Crippen molar-refractivity contribution < 1.29 is 0 Å². The maximum Gasteiger partial charge on any atom is 0.147 e. The Kier molecular flexibility index (Phi) is 3.58. The summed E-state index contributed by atoms with van der Waals surface area (Å²) in [6.07, 6.45) is 7.12. The molecule has 0 aliphatic heterocycles. The van der Waals surface area contributed by atoms with E-state index in [0.29, 0.717) is 12.4 Å². The number of imidazole rings is 1. The van der Waals surface area contributed by atoms with Gasteiger partial charge in [-0.05, 0) is 0 Å². The zero-order chi connectivity index (χ0) is 12.3. The molecule has 0 radical (unpaired) electrons. The van der Waals surface area contributed by atoms with Crippen molar-refractivity contribution in [3.8, 4) is 0 Å². The van der Waals surface area contributed by atoms with Crippen LogP contribution in [0.3, 0.4) is 0 Å². The van der Waals surface area contributed by atoms with Crippen LogP contribution in [-0.2, 0) is 19.5 Å². The maximum atomic E-state index is 5.67. The van der Waals surface area contributed by atoms with Gasteiger partial charge in [0.05, 0.1) is 30.5 Å². The van der Waals surface area contributed by atoms with Crippen LogP contribution in [0.2, 0.25) is 0 Å². The standard InChI is InChI=1S/C11H14ClN5/c1-16-4-3-13-11(16)8-17(2)10-7-14-9(5-12)6-15-10/h3-4,6-7H,5,8H2,1-2H3. The van der Waals surface area contributed by atoms with Gasteiger partial charge in [-0.2, -0.15) is 0 Å². The molecule has 0 aliphatic rings. The second-order valence-electron chi connectivity index (χ2n) is 3.81. The first-order valence-corrected chi connectivity index (χ1v) is 5.78. The van der Waals surface area contributed by atoms with Gasteiger partial charge in [-0.25, -0.2) is 9.97 Å². The molecule has 17 heavy (non-hydrogen) atoms. The van der Waals surface area contributed by atoms with Gasteiger partial charge in [0.1, 0.15) is 11.6 Å². The van der Waals surface area contributed by atoms with E-state index in [1.165, 1.54) is 0 Å². The van der Waals surface area contributed by atoms with Gasteiger partial charge in [-0.3, -0.25) is 4.98 Å². The molecule has 0 aliphatic carbocycles. The molecule has 0 unspecified atom stereocenters. The van der Waals surface area contributed by atoms with E-state index in [9.17, 15) is 0 Å². The predicted molar refractivity (Wildman–Crippen MR) is 66.9 cm³/mol. The molecule has 0 amide bonds. The number of aryl methyl sites for hydroxylation is 1. The molecule has 0 N–H and O–H groups in total. The summed E-state index contributed by atoms with van der Waals surface area (Å²) in [5.74, 6) is 2.17. The average Bonchev–Trinajstić information content (AvgIpc) is 2.75. The average molecular weight is 252 g/mol. The summed E-state index contributed by atoms with van der Waals surface area (Å²) in [6.45, 7) is 0.693. The molecule has 2 heterocycles. The van der Waals surface area contributed by atoms with Crippen molar-refractivity contribution in [3.63, 3.8) is 0 Å². The Morgan fingerprint density at radius 2 is 2.12 bits per heavy atom. The molecule has 0 spiro atoms. The van der Waals surface area contributed by atoms with Gasteiger partial charge >= 0.3 is 0 Å². The van der Waals surface area contributed by atoms with Crippen molar-refractivity contribution >= 4 is 17.4 Å². The zero-order valence-corrected chi connectivity index (χ0v) is 10.6. The summed E-state index contributed by atoms with van der Waals surface area (Å²) in [6, 6.07) is 0. The van der Waals surface area contributed by atoms with E-state index < -0.39 is 0 Å². The zero-order valence-electron chi connectivity index (χ0n) is 9.84. The molecule has 0 saturated carbocycles. The second kappa shape index (κ2) is 5.14. The first kappa shape index (κ1) is 11.9. The highest BCUT2D eigenvalue weighted by Gasteiger charge is 2.07. The van der Waals surface area contributed by atoms with Gasteiger partial charge in [-0.15, -0.1) is 11.6 Å². The van der Waals surface area contributed by atoms with Crippen LogP contribution in [0, 0.1) is 0 Å². The van der Waals surface area contributed by atoms with Gasteiger partial charge in [0.25, 0.3) is 0 Å². The Morgan fingerprint density at radius 3 is 2.65 bits per heavy atom. The molecule has 0 aromatic carbocycles. The van der Waals surface area contributed by atoms with E-state index in [4.69, 9.17) is 11.6 Å². The fourth-order valence-corrected chi connectivity index (χ4v) is 1.59. The molecular weight excluding hydrogens is 238 g/mol. The number of nitrogens with zero attached hydrogens (tertiary/aromatic N) is 5. The molecule has 2 aromatic rings. The van der Waals surface area contributed by atoms with Crippen molar-refractivity contribution in [2.75, 3.05) is 11.9 Å². The monoisotopic (exact) mass is 251 g/mol. The normalized spacial score (nSPS) is 10.5. The van der Waals surface area contributed by atoms with E-state index >= 15 is 0 Å². The Labute approximate surface area is 105 Å². The lowest BCUT2D eigenvalue weighted by Crippen LogP contribution is -2.20. The summed E-state index contributed by atoms with van der Waals surface area (Å²) in [5, 5.41) is 0. The summed E-state index contributed by atoms with van der Waals surface area (Å²) < 4.78 is 1.98. The minimum Gasteiger partial charge on any atom is -0.351 e. The van der Waals surface area contributed by atoms with Crippen LogP contribution < -0.4 is 4.90 Å². The second-order valence-corrected chi connectivity index (χ2v) is 4.08. The lowest BCUT2D eigenvalue weighted by Gasteiger charge is -2.17. The summed E-state index contributed by atoms with van der Waals surface area (Å²) in [5.41, 5.74) is 0.779. The lowest BCUT2D eigenvalue weighted by atomic mass is 10.4. The fraction of sp³-hybridized carbons (Fsp3) is 0.364. The summed E-state index contributed by atoms with van der Waals surface area (Å²) in [7, 11) is 3.93. The molecule has 0 atom stereocenters. The van der Waals surface area contributed by atoms with E-state index in [1.54, 1.807) is 18.6 Å². The third-order valence-electron chi connectivity index (χ3n) is 2.52. The van der Waals surface area contributed by atoms with Gasteiger partial charge in [0.15, 0.2) is 0 Å². The van der Waals surface area contributed by atoms with Crippen LogP contribution in [0.25, 0.3) is 0 Å². The number of hydrogen-bond acceptors (Lipinski definition) is 4. The first-order valence-electron chi connectivity index (χ1n) is 5.25. The molecule has 0 fully saturated rings. The van der Waals surface area contributed by atoms with Gasteiger partial charge < -0.3 is 9.47 Å². The van der Waals surface area contributed by atoms with Crippen molar-refractivity contribution in [2.45, 2.75) is 12.4 Å². The summed E-state index contributed by atoms with van der Waals surface area (Å²) in [4.78, 5) is 14.8. The van der Waals surface area contributed by atoms with E-state index in [-0.39, 0.29) is 0 Å². The lowest BCUT2D eigenvalue weighted by molar-refractivity contribution is 0.753. The molecule has 2 aromatic heterocycles. The van der Waals surface area contributed by atoms with E-state index in [1.807, 2.05) is 29.8 Å². The quantitative estimate of drug-likeness (QED) is 0.775. The topological polar surface area (TPSA) is 46.8 Å². The number of hydrogen-bond donors (Lipinski definition) is 0. The highest BCUT2D eigenvalue weighted by Crippen LogP contribution is 2.10. The Morgan fingerprint density at radius 1 is 1.29 bits per heavy atom. The minimum absolute atomic E-state index is 0.385. The highest BCUT2D eigenvalue weighted by molar-refractivity contribution is 6.16. The highest BCUT2D eigenvalue weighted by atomic mass is 35.5. The fourth-order valence-electron chi connectivity index (χ4n) is 1.46. The molecule has 90 valence electrons. The van der Waals surface area contributed by atoms with Crippen molar-refractivity contribution in [3.05, 3.63) is 36.3 Å². The third-order valence-corrected chi connectivity index (χ3v) is 2.79. The van der Waals surface area contributed by atoms with Crippen LogP contribution in [-0.4, -0.2) is 26.6 Å². The molecule has 5 nitrogen and oxygen atoms in total. The Balaban J connectivity index is 2.09. The van der Waals surface area contributed by atoms with E-state index in [0.717, 1.165) is 17.3 Å². The van der Waals surface area contributed by atoms with Crippen LogP contribution in [0.4, 0.5) is 5.82 Å². The van der Waals surface area contributed by atoms with Crippen LogP contribution in [0.15, 0.2) is 24.8 Å². The number of aromatic nitrogens is 4. The van der Waals surface area contributed by atoms with Crippen LogP contribution in [0.1, 0.15) is 11.5 Å². The molecular formula is C11H14ClN5. The number of anilines is 1. The van der Waals surface area contributed by atoms with E-state index in [2.05, 4.69) is 15.0 Å². The Bertz CT molecular complexity index is 479.